The zero-order valence-electron chi connectivity index (χ0n) is 13.4. The lowest BCUT2D eigenvalue weighted by Crippen LogP contribution is -2.47. The molecule has 1 aromatic heterocycles. The maximum Gasteiger partial charge on any atom is 0.309 e. The average Bonchev–Trinajstić information content (AvgIpc) is 3.24. The number of sulfonamides is 1. The molecule has 2 rings (SSSR count). The van der Waals surface area contributed by atoms with E-state index >= 15 is 0 Å². The smallest absolute Gasteiger partial charge is 0.309 e. The Labute approximate surface area is 145 Å². The summed E-state index contributed by atoms with van der Waals surface area (Å²) in [5.41, 5.74) is 0. The van der Waals surface area contributed by atoms with Crippen LogP contribution in [0.2, 0.25) is 0 Å². The van der Waals surface area contributed by atoms with Crippen molar-refractivity contribution < 1.29 is 22.7 Å². The van der Waals surface area contributed by atoms with E-state index in [1.54, 1.807) is 17.5 Å². The third-order valence-corrected chi connectivity index (χ3v) is 7.00. The third-order valence-electron chi connectivity index (χ3n) is 3.68. The summed E-state index contributed by atoms with van der Waals surface area (Å²) in [5, 5.41) is 6.63. The van der Waals surface area contributed by atoms with Gasteiger partial charge in [-0.15, -0.1) is 11.3 Å². The molecule has 1 fully saturated rings. The van der Waals surface area contributed by atoms with Gasteiger partial charge in [-0.1, -0.05) is 6.07 Å². The van der Waals surface area contributed by atoms with Gasteiger partial charge < -0.3 is 15.4 Å². The maximum atomic E-state index is 12.6. The van der Waals surface area contributed by atoms with E-state index in [4.69, 9.17) is 4.74 Å². The summed E-state index contributed by atoms with van der Waals surface area (Å²) >= 11 is 1.17. The molecule has 2 amide bonds. The fourth-order valence-electron chi connectivity index (χ4n) is 2.49. The normalized spacial score (nSPS) is 18.5. The number of carbonyl (C=O) groups is 2. The SMILES string of the molecule is COCCNC(=O)C(=O)NC[C@@H]1CCCN1S(=O)(=O)c1cccs1. The minimum atomic E-state index is -3.55. The minimum Gasteiger partial charge on any atom is -0.383 e. The van der Waals surface area contributed by atoms with Crippen molar-refractivity contribution in [3.8, 4) is 0 Å². The van der Waals surface area contributed by atoms with E-state index in [0.29, 0.717) is 19.6 Å². The monoisotopic (exact) mass is 375 g/mol. The van der Waals surface area contributed by atoms with Crippen molar-refractivity contribution in [3.05, 3.63) is 17.5 Å². The molecule has 0 radical (unpaired) electrons. The number of nitrogens with zero attached hydrogens (tertiary/aromatic N) is 1. The van der Waals surface area contributed by atoms with Crippen LogP contribution in [0.15, 0.2) is 21.7 Å². The number of carbonyl (C=O) groups excluding carboxylic acids is 2. The third kappa shape index (κ3) is 4.53. The van der Waals surface area contributed by atoms with Crippen molar-refractivity contribution in [2.24, 2.45) is 0 Å². The minimum absolute atomic E-state index is 0.112. The molecule has 2 N–H and O–H groups in total. The number of ether oxygens (including phenoxy) is 1. The Balaban J connectivity index is 1.90. The first kappa shape index (κ1) is 18.8. The Morgan fingerprint density at radius 1 is 1.38 bits per heavy atom. The van der Waals surface area contributed by atoms with Gasteiger partial charge in [0.25, 0.3) is 10.0 Å². The second-order valence-electron chi connectivity index (χ2n) is 5.30. The number of rotatable bonds is 7. The Hall–Kier alpha value is -1.49. The number of methoxy groups -OCH3 is 1. The Kier molecular flexibility index (Phi) is 6.72. The molecule has 8 nitrogen and oxygen atoms in total. The lowest BCUT2D eigenvalue weighted by Gasteiger charge is -2.23. The number of hydrogen-bond acceptors (Lipinski definition) is 6. The first-order valence-electron chi connectivity index (χ1n) is 7.57. The van der Waals surface area contributed by atoms with E-state index in [0.717, 1.165) is 6.42 Å². The van der Waals surface area contributed by atoms with Crippen LogP contribution in [0.1, 0.15) is 12.8 Å². The molecule has 1 aliphatic rings. The summed E-state index contributed by atoms with van der Waals surface area (Å²) in [7, 11) is -2.05. The molecule has 0 unspecified atom stereocenters. The van der Waals surface area contributed by atoms with Crippen molar-refractivity contribution in [2.75, 3.05) is 33.4 Å². The highest BCUT2D eigenvalue weighted by molar-refractivity contribution is 7.91. The van der Waals surface area contributed by atoms with Gasteiger partial charge in [-0.2, -0.15) is 4.31 Å². The Bertz CT molecular complexity index is 660. The molecular formula is C14H21N3O5S2. The molecule has 0 bridgehead atoms. The van der Waals surface area contributed by atoms with Gasteiger partial charge in [0.1, 0.15) is 4.21 Å². The van der Waals surface area contributed by atoms with Gasteiger partial charge in [0.2, 0.25) is 0 Å². The summed E-state index contributed by atoms with van der Waals surface area (Å²) in [6.07, 6.45) is 1.38. The van der Waals surface area contributed by atoms with Crippen molar-refractivity contribution in [1.29, 1.82) is 0 Å². The number of hydrogen-bond donors (Lipinski definition) is 2. The van der Waals surface area contributed by atoms with Gasteiger partial charge >= 0.3 is 11.8 Å². The molecule has 0 aromatic carbocycles. The second kappa shape index (κ2) is 8.56. The van der Waals surface area contributed by atoms with Crippen LogP contribution in [-0.2, 0) is 24.3 Å². The van der Waals surface area contributed by atoms with E-state index < -0.39 is 21.8 Å². The van der Waals surface area contributed by atoms with Crippen molar-refractivity contribution in [3.63, 3.8) is 0 Å². The fourth-order valence-corrected chi connectivity index (χ4v) is 5.31. The van der Waals surface area contributed by atoms with E-state index in [9.17, 15) is 18.0 Å². The van der Waals surface area contributed by atoms with Crippen LogP contribution in [0.4, 0.5) is 0 Å². The predicted octanol–water partition coefficient (Wildman–Crippen LogP) is -0.220. The molecule has 1 saturated heterocycles. The summed E-state index contributed by atoms with van der Waals surface area (Å²) in [6, 6.07) is 2.92. The summed E-state index contributed by atoms with van der Waals surface area (Å²) < 4.78 is 31.7. The average molecular weight is 375 g/mol. The van der Waals surface area contributed by atoms with Crippen LogP contribution < -0.4 is 10.6 Å². The molecule has 2 heterocycles. The van der Waals surface area contributed by atoms with Gasteiger partial charge in [0.05, 0.1) is 6.61 Å². The molecule has 1 aliphatic heterocycles. The predicted molar refractivity (Wildman–Crippen MR) is 89.1 cm³/mol. The van der Waals surface area contributed by atoms with Crippen LogP contribution in [0, 0.1) is 0 Å². The lowest BCUT2D eigenvalue weighted by atomic mass is 10.2. The van der Waals surface area contributed by atoms with Gasteiger partial charge in [-0.25, -0.2) is 8.42 Å². The van der Waals surface area contributed by atoms with E-state index in [2.05, 4.69) is 10.6 Å². The first-order chi connectivity index (χ1) is 11.5. The first-order valence-corrected chi connectivity index (χ1v) is 9.89. The Morgan fingerprint density at radius 2 is 2.12 bits per heavy atom. The molecule has 0 saturated carbocycles. The van der Waals surface area contributed by atoms with Crippen molar-refractivity contribution in [2.45, 2.75) is 23.1 Å². The van der Waals surface area contributed by atoms with Crippen molar-refractivity contribution >= 4 is 33.2 Å². The molecule has 24 heavy (non-hydrogen) atoms. The standard InChI is InChI=1S/C14H21N3O5S2/c1-22-8-6-15-13(18)14(19)16-10-11-4-2-7-17(11)24(20,21)12-5-3-9-23-12/h3,5,9,11H,2,4,6-8,10H2,1H3,(H,15,18)(H,16,19)/t11-/m0/s1. The molecule has 0 spiro atoms. The molecule has 0 aliphatic carbocycles. The molecule has 1 aromatic rings. The zero-order valence-corrected chi connectivity index (χ0v) is 15.0. The molecule has 134 valence electrons. The lowest BCUT2D eigenvalue weighted by molar-refractivity contribution is -0.139. The van der Waals surface area contributed by atoms with Crippen LogP contribution in [0.25, 0.3) is 0 Å². The summed E-state index contributed by atoms with van der Waals surface area (Å²) in [5.74, 6) is -1.52. The maximum absolute atomic E-state index is 12.6. The van der Waals surface area contributed by atoms with Gasteiger partial charge in [0.15, 0.2) is 0 Å². The zero-order chi connectivity index (χ0) is 17.6. The number of thiophene rings is 1. The number of amides is 2. The number of nitrogens with one attached hydrogen (secondary N) is 2. The van der Waals surface area contributed by atoms with Crippen molar-refractivity contribution in [1.82, 2.24) is 14.9 Å². The van der Waals surface area contributed by atoms with E-state index in [1.807, 2.05) is 0 Å². The quantitative estimate of drug-likeness (QED) is 0.506. The fraction of sp³-hybridized carbons (Fsp3) is 0.571. The molecular weight excluding hydrogens is 354 g/mol. The Morgan fingerprint density at radius 3 is 2.79 bits per heavy atom. The van der Waals surface area contributed by atoms with E-state index in [-0.39, 0.29) is 23.3 Å². The summed E-state index contributed by atoms with van der Waals surface area (Å²) in [6.45, 7) is 1.08. The highest BCUT2D eigenvalue weighted by Crippen LogP contribution is 2.28. The van der Waals surface area contributed by atoms with E-state index in [1.165, 1.54) is 22.8 Å². The topological polar surface area (TPSA) is 105 Å². The molecule has 1 atom stereocenters. The van der Waals surface area contributed by atoms with Gasteiger partial charge in [0, 0.05) is 32.8 Å². The van der Waals surface area contributed by atoms with Crippen LogP contribution in [0.3, 0.4) is 0 Å². The van der Waals surface area contributed by atoms with Gasteiger partial charge in [-0.3, -0.25) is 9.59 Å². The van der Waals surface area contributed by atoms with Crippen LogP contribution in [0.5, 0.6) is 0 Å². The van der Waals surface area contributed by atoms with Crippen LogP contribution >= 0.6 is 11.3 Å². The summed E-state index contributed by atoms with van der Waals surface area (Å²) in [4.78, 5) is 23.3. The molecule has 10 heteroatoms. The highest BCUT2D eigenvalue weighted by atomic mass is 32.2. The highest BCUT2D eigenvalue weighted by Gasteiger charge is 2.36. The van der Waals surface area contributed by atoms with Gasteiger partial charge in [-0.05, 0) is 24.3 Å². The van der Waals surface area contributed by atoms with Crippen LogP contribution in [-0.4, -0.2) is 63.9 Å². The second-order valence-corrected chi connectivity index (χ2v) is 8.37. The largest absolute Gasteiger partial charge is 0.383 e.